The van der Waals surface area contributed by atoms with Crippen LogP contribution >= 0.6 is 11.8 Å². The summed E-state index contributed by atoms with van der Waals surface area (Å²) in [4.78, 5) is 15.6. The van der Waals surface area contributed by atoms with Crippen LogP contribution < -0.4 is 5.32 Å². The molecule has 0 fully saturated rings. The van der Waals surface area contributed by atoms with Crippen molar-refractivity contribution in [3.63, 3.8) is 0 Å². The molecule has 2 rings (SSSR count). The summed E-state index contributed by atoms with van der Waals surface area (Å²) < 4.78 is 0. The Bertz CT molecular complexity index is 627. The third kappa shape index (κ3) is 6.02. The lowest BCUT2D eigenvalue weighted by atomic mass is 10.1. The average molecular weight is 343 g/mol. The van der Waals surface area contributed by atoms with Crippen LogP contribution in [-0.2, 0) is 17.9 Å². The Morgan fingerprint density at radius 2 is 1.58 bits per heavy atom. The van der Waals surface area contributed by atoms with Crippen molar-refractivity contribution in [1.82, 2.24) is 10.2 Å². The molecular weight excluding hydrogens is 316 g/mol. The van der Waals surface area contributed by atoms with Crippen LogP contribution in [0.25, 0.3) is 0 Å². The van der Waals surface area contributed by atoms with Crippen molar-refractivity contribution in [1.29, 1.82) is 0 Å². The number of carbonyl (C=O) groups excluding carboxylic acids is 1. The number of benzene rings is 2. The molecule has 0 bridgehead atoms. The van der Waals surface area contributed by atoms with Crippen molar-refractivity contribution >= 4 is 17.7 Å². The third-order valence-corrected chi connectivity index (χ3v) is 5.01. The highest BCUT2D eigenvalue weighted by atomic mass is 32.2. The fourth-order valence-corrected chi connectivity index (χ4v) is 3.23. The zero-order valence-corrected chi connectivity index (χ0v) is 15.3. The van der Waals surface area contributed by atoms with E-state index >= 15 is 0 Å². The summed E-state index contributed by atoms with van der Waals surface area (Å²) in [5.74, 6) is 0.517. The summed E-state index contributed by atoms with van der Waals surface area (Å²) in [7, 11) is 0. The van der Waals surface area contributed by atoms with Crippen LogP contribution in [0.15, 0.2) is 59.5 Å². The van der Waals surface area contributed by atoms with Gasteiger partial charge in [-0.2, -0.15) is 0 Å². The number of carbonyl (C=O) groups is 1. The minimum atomic E-state index is 0.0708. The molecule has 0 saturated heterocycles. The van der Waals surface area contributed by atoms with Gasteiger partial charge < -0.3 is 5.32 Å². The lowest BCUT2D eigenvalue weighted by molar-refractivity contribution is -0.118. The molecule has 24 heavy (non-hydrogen) atoms. The molecular formula is C20H26N2OS. The normalized spacial score (nSPS) is 10.8. The molecule has 0 spiro atoms. The van der Waals surface area contributed by atoms with Crippen molar-refractivity contribution in [2.75, 3.05) is 18.8 Å². The molecule has 1 N–H and O–H groups in total. The number of nitrogens with one attached hydrogen (secondary N) is 1. The van der Waals surface area contributed by atoms with E-state index in [0.29, 0.717) is 12.3 Å². The van der Waals surface area contributed by atoms with E-state index in [-0.39, 0.29) is 5.91 Å². The molecule has 0 unspecified atom stereocenters. The highest BCUT2D eigenvalue weighted by Crippen LogP contribution is 2.16. The number of thioether (sulfide) groups is 1. The molecule has 0 aliphatic carbocycles. The first-order valence-corrected chi connectivity index (χ1v) is 9.45. The molecule has 128 valence electrons. The molecule has 0 atom stereocenters. The Labute approximate surface area is 149 Å². The predicted molar refractivity (Wildman–Crippen MR) is 102 cm³/mol. The van der Waals surface area contributed by atoms with E-state index in [1.807, 2.05) is 36.4 Å². The largest absolute Gasteiger partial charge is 0.351 e. The summed E-state index contributed by atoms with van der Waals surface area (Å²) in [5.41, 5.74) is 2.49. The Balaban J connectivity index is 1.86. The molecule has 0 radical (unpaired) electrons. The van der Waals surface area contributed by atoms with E-state index < -0.39 is 0 Å². The molecule has 0 aliphatic rings. The Morgan fingerprint density at radius 3 is 2.25 bits per heavy atom. The van der Waals surface area contributed by atoms with Gasteiger partial charge in [-0.05, 0) is 36.3 Å². The molecule has 0 saturated carbocycles. The summed E-state index contributed by atoms with van der Waals surface area (Å²) in [6.45, 7) is 7.93. The van der Waals surface area contributed by atoms with Crippen LogP contribution in [0, 0.1) is 0 Å². The van der Waals surface area contributed by atoms with Crippen molar-refractivity contribution < 1.29 is 4.79 Å². The van der Waals surface area contributed by atoms with E-state index in [1.165, 1.54) is 11.1 Å². The van der Waals surface area contributed by atoms with Crippen LogP contribution in [0.1, 0.15) is 25.0 Å². The smallest absolute Gasteiger partial charge is 0.230 e. The molecule has 0 aromatic heterocycles. The highest BCUT2D eigenvalue weighted by molar-refractivity contribution is 8.00. The van der Waals surface area contributed by atoms with E-state index in [4.69, 9.17) is 0 Å². The van der Waals surface area contributed by atoms with Gasteiger partial charge >= 0.3 is 0 Å². The molecule has 0 heterocycles. The summed E-state index contributed by atoms with van der Waals surface area (Å²) in [6, 6.07) is 18.4. The fourth-order valence-electron chi connectivity index (χ4n) is 2.48. The van der Waals surface area contributed by atoms with Crippen molar-refractivity contribution in [2.24, 2.45) is 0 Å². The second-order valence-corrected chi connectivity index (χ2v) is 6.66. The molecule has 3 nitrogen and oxygen atoms in total. The van der Waals surface area contributed by atoms with Crippen LogP contribution in [-0.4, -0.2) is 29.6 Å². The summed E-state index contributed by atoms with van der Waals surface area (Å²) in [5, 5.41) is 3.04. The SMILES string of the molecule is CCN(CC)Cc1ccccc1CNC(=O)CSc1ccccc1. The highest BCUT2D eigenvalue weighted by Gasteiger charge is 2.08. The topological polar surface area (TPSA) is 32.3 Å². The molecule has 2 aromatic rings. The number of hydrogen-bond acceptors (Lipinski definition) is 3. The van der Waals surface area contributed by atoms with E-state index in [0.717, 1.165) is 24.5 Å². The average Bonchev–Trinajstić information content (AvgIpc) is 2.64. The van der Waals surface area contributed by atoms with Gasteiger partial charge in [0.2, 0.25) is 5.91 Å². The van der Waals surface area contributed by atoms with Gasteiger partial charge in [-0.15, -0.1) is 11.8 Å². The molecule has 2 aromatic carbocycles. The van der Waals surface area contributed by atoms with Gasteiger partial charge in [-0.3, -0.25) is 9.69 Å². The van der Waals surface area contributed by atoms with Gasteiger partial charge in [0, 0.05) is 18.0 Å². The second-order valence-electron chi connectivity index (χ2n) is 5.61. The van der Waals surface area contributed by atoms with E-state index in [2.05, 4.69) is 42.3 Å². The quantitative estimate of drug-likeness (QED) is 0.701. The first kappa shape index (κ1) is 18.6. The minimum absolute atomic E-state index is 0.0708. The van der Waals surface area contributed by atoms with Crippen molar-refractivity contribution in [3.05, 3.63) is 65.7 Å². The Morgan fingerprint density at radius 1 is 0.958 bits per heavy atom. The molecule has 1 amide bonds. The van der Waals surface area contributed by atoms with Gasteiger partial charge in [0.25, 0.3) is 0 Å². The maximum absolute atomic E-state index is 12.1. The van der Waals surface area contributed by atoms with Gasteiger partial charge in [0.05, 0.1) is 5.75 Å². The number of hydrogen-bond donors (Lipinski definition) is 1. The Kier molecular flexibility index (Phi) is 7.86. The van der Waals surface area contributed by atoms with Crippen molar-refractivity contribution in [2.45, 2.75) is 31.8 Å². The van der Waals surface area contributed by atoms with Gasteiger partial charge in [0.15, 0.2) is 0 Å². The van der Waals surface area contributed by atoms with Gasteiger partial charge in [-0.25, -0.2) is 0 Å². The predicted octanol–water partition coefficient (Wildman–Crippen LogP) is 3.94. The monoisotopic (exact) mass is 342 g/mol. The molecule has 0 aliphatic heterocycles. The van der Waals surface area contributed by atoms with E-state index in [9.17, 15) is 4.79 Å². The zero-order valence-electron chi connectivity index (χ0n) is 14.5. The lowest BCUT2D eigenvalue weighted by Crippen LogP contribution is -2.27. The lowest BCUT2D eigenvalue weighted by Gasteiger charge is -2.20. The third-order valence-electron chi connectivity index (χ3n) is 4.00. The second kappa shape index (κ2) is 10.2. The number of rotatable bonds is 9. The maximum atomic E-state index is 12.1. The molecule has 4 heteroatoms. The van der Waals surface area contributed by atoms with Crippen LogP contribution in [0.5, 0.6) is 0 Å². The van der Waals surface area contributed by atoms with Crippen LogP contribution in [0.4, 0.5) is 0 Å². The standard InChI is InChI=1S/C20H26N2OS/c1-3-22(4-2)15-18-11-9-8-10-17(18)14-21-20(23)16-24-19-12-6-5-7-13-19/h5-13H,3-4,14-16H2,1-2H3,(H,21,23). The summed E-state index contributed by atoms with van der Waals surface area (Å²) in [6.07, 6.45) is 0. The maximum Gasteiger partial charge on any atom is 0.230 e. The first-order valence-electron chi connectivity index (χ1n) is 8.46. The van der Waals surface area contributed by atoms with Gasteiger partial charge in [-0.1, -0.05) is 56.3 Å². The van der Waals surface area contributed by atoms with Crippen molar-refractivity contribution in [3.8, 4) is 0 Å². The first-order chi connectivity index (χ1) is 11.7. The fraction of sp³-hybridized carbons (Fsp3) is 0.350. The zero-order chi connectivity index (χ0) is 17.2. The van der Waals surface area contributed by atoms with Crippen LogP contribution in [0.2, 0.25) is 0 Å². The van der Waals surface area contributed by atoms with E-state index in [1.54, 1.807) is 11.8 Å². The number of amides is 1. The number of nitrogens with zero attached hydrogens (tertiary/aromatic N) is 1. The minimum Gasteiger partial charge on any atom is -0.351 e. The van der Waals surface area contributed by atoms with Gasteiger partial charge in [0.1, 0.15) is 0 Å². The Hall–Kier alpha value is -1.78. The van der Waals surface area contributed by atoms with Crippen LogP contribution in [0.3, 0.4) is 0 Å². The summed E-state index contributed by atoms with van der Waals surface area (Å²) >= 11 is 1.57.